The number of allylic oxidation sites excluding steroid dienone is 3. The van der Waals surface area contributed by atoms with E-state index in [1.165, 1.54) is 32.1 Å². The first-order valence-electron chi connectivity index (χ1n) is 8.10. The van der Waals surface area contributed by atoms with E-state index < -0.39 is 0 Å². The lowest BCUT2D eigenvalue weighted by atomic mass is 9.71. The van der Waals surface area contributed by atoms with Crippen molar-refractivity contribution in [2.75, 3.05) is 7.11 Å². The van der Waals surface area contributed by atoms with Gasteiger partial charge >= 0.3 is 0 Å². The van der Waals surface area contributed by atoms with Crippen LogP contribution in [0.25, 0.3) is 0 Å². The molecule has 112 valence electrons. The predicted molar refractivity (Wildman–Crippen MR) is 82.4 cm³/mol. The van der Waals surface area contributed by atoms with Crippen LogP contribution in [-0.4, -0.2) is 12.9 Å². The molecule has 0 heterocycles. The summed E-state index contributed by atoms with van der Waals surface area (Å²) in [6.07, 6.45) is 13.6. The number of carbonyl (C=O) groups is 1. The lowest BCUT2D eigenvalue weighted by Crippen LogP contribution is -2.32. The Bertz CT molecular complexity index is 419. The first-order valence-corrected chi connectivity index (χ1v) is 8.10. The zero-order valence-corrected chi connectivity index (χ0v) is 13.2. The molecular weight excluding hydrogens is 248 g/mol. The Balaban J connectivity index is 2.29. The second-order valence-corrected chi connectivity index (χ2v) is 6.66. The Morgan fingerprint density at radius 2 is 1.80 bits per heavy atom. The quantitative estimate of drug-likeness (QED) is 0.687. The molecule has 2 atom stereocenters. The highest BCUT2D eigenvalue weighted by Gasteiger charge is 2.37. The lowest BCUT2D eigenvalue weighted by molar-refractivity contribution is -0.123. The maximum Gasteiger partial charge on any atom is 0.169 e. The average molecular weight is 276 g/mol. The van der Waals surface area contributed by atoms with Gasteiger partial charge in [0.15, 0.2) is 5.78 Å². The van der Waals surface area contributed by atoms with E-state index in [9.17, 15) is 4.79 Å². The van der Waals surface area contributed by atoms with Crippen LogP contribution in [0.3, 0.4) is 0 Å². The fraction of sp³-hybridized carbons (Fsp3) is 0.722. The van der Waals surface area contributed by atoms with Crippen LogP contribution >= 0.6 is 0 Å². The molecule has 0 unspecified atom stereocenters. The number of hydrogen-bond donors (Lipinski definition) is 0. The standard InChI is InChI=1S/C18H28O2/c1-14-10-8-6-4-5-7-9-11-18(2)13-15(20-3)12-16(14)17(18)19/h12-14H,4-11H2,1-3H3/t14-,18-/m0/s1. The number of ketones is 1. The molecule has 1 saturated carbocycles. The van der Waals surface area contributed by atoms with Crippen molar-refractivity contribution >= 4 is 5.78 Å². The van der Waals surface area contributed by atoms with Gasteiger partial charge in [0.2, 0.25) is 0 Å². The fourth-order valence-corrected chi connectivity index (χ4v) is 3.44. The molecule has 2 aliphatic rings. The summed E-state index contributed by atoms with van der Waals surface area (Å²) < 4.78 is 5.45. The van der Waals surface area contributed by atoms with E-state index in [4.69, 9.17) is 4.74 Å². The molecular formula is C18H28O2. The van der Waals surface area contributed by atoms with Crippen molar-refractivity contribution < 1.29 is 9.53 Å². The molecule has 2 heteroatoms. The SMILES string of the molecule is COC1=C[C@]2(C)CCCCCCCC[C@H](C)C(=C1)C2=O. The molecule has 0 aromatic rings. The van der Waals surface area contributed by atoms with Crippen LogP contribution in [0.4, 0.5) is 0 Å². The summed E-state index contributed by atoms with van der Waals surface area (Å²) in [4.78, 5) is 12.9. The molecule has 20 heavy (non-hydrogen) atoms. The van der Waals surface area contributed by atoms with Gasteiger partial charge in [0.1, 0.15) is 5.76 Å². The smallest absolute Gasteiger partial charge is 0.169 e. The fourth-order valence-electron chi connectivity index (χ4n) is 3.44. The summed E-state index contributed by atoms with van der Waals surface area (Å²) in [5.41, 5.74) is 0.621. The number of ether oxygens (including phenoxy) is 1. The largest absolute Gasteiger partial charge is 0.497 e. The summed E-state index contributed by atoms with van der Waals surface area (Å²) in [7, 11) is 1.70. The van der Waals surface area contributed by atoms with Crippen LogP contribution in [0, 0.1) is 11.3 Å². The lowest BCUT2D eigenvalue weighted by Gasteiger charge is -2.32. The van der Waals surface area contributed by atoms with E-state index in [1.807, 2.05) is 12.2 Å². The molecule has 2 aliphatic carbocycles. The Kier molecular flexibility index (Phi) is 5.06. The van der Waals surface area contributed by atoms with E-state index in [2.05, 4.69) is 13.8 Å². The molecule has 0 aliphatic heterocycles. The van der Waals surface area contributed by atoms with Crippen LogP contribution in [0.2, 0.25) is 0 Å². The van der Waals surface area contributed by atoms with Crippen molar-refractivity contribution in [3.63, 3.8) is 0 Å². The van der Waals surface area contributed by atoms with Crippen molar-refractivity contribution in [3.05, 3.63) is 23.5 Å². The molecule has 2 nitrogen and oxygen atoms in total. The zero-order chi connectivity index (χ0) is 14.6. The number of hydrogen-bond acceptors (Lipinski definition) is 2. The van der Waals surface area contributed by atoms with E-state index in [1.54, 1.807) is 7.11 Å². The van der Waals surface area contributed by atoms with E-state index in [0.29, 0.717) is 11.7 Å². The Morgan fingerprint density at radius 3 is 2.50 bits per heavy atom. The molecule has 0 radical (unpaired) electrons. The van der Waals surface area contributed by atoms with E-state index >= 15 is 0 Å². The van der Waals surface area contributed by atoms with Crippen LogP contribution in [0.1, 0.15) is 65.2 Å². The van der Waals surface area contributed by atoms with Crippen LogP contribution in [0.5, 0.6) is 0 Å². The molecule has 0 aromatic heterocycles. The van der Waals surface area contributed by atoms with Gasteiger partial charge in [-0.3, -0.25) is 4.79 Å². The third-order valence-corrected chi connectivity index (χ3v) is 4.89. The first kappa shape index (κ1) is 15.3. The van der Waals surface area contributed by atoms with Gasteiger partial charge in [-0.1, -0.05) is 45.4 Å². The van der Waals surface area contributed by atoms with Crippen molar-refractivity contribution in [1.29, 1.82) is 0 Å². The number of rotatable bonds is 1. The van der Waals surface area contributed by atoms with Gasteiger partial charge in [-0.05, 0) is 37.8 Å². The average Bonchev–Trinajstić information content (AvgIpc) is 2.43. The Hall–Kier alpha value is -1.05. The molecule has 0 aromatic carbocycles. The minimum atomic E-state index is -0.358. The van der Waals surface area contributed by atoms with Crippen molar-refractivity contribution in [3.8, 4) is 0 Å². The third kappa shape index (κ3) is 3.34. The number of Topliss-reactive ketones (excluding diaryl/α,β-unsaturated/α-hetero) is 1. The van der Waals surface area contributed by atoms with Crippen molar-refractivity contribution in [2.24, 2.45) is 11.3 Å². The van der Waals surface area contributed by atoms with Crippen LogP contribution in [-0.2, 0) is 9.53 Å². The molecule has 2 rings (SSSR count). The monoisotopic (exact) mass is 276 g/mol. The molecule has 0 spiro atoms. The summed E-state index contributed by atoms with van der Waals surface area (Å²) in [5.74, 6) is 1.54. The zero-order valence-electron chi connectivity index (χ0n) is 13.2. The minimum absolute atomic E-state index is 0.325. The minimum Gasteiger partial charge on any atom is -0.497 e. The highest BCUT2D eigenvalue weighted by Crippen LogP contribution is 2.39. The molecule has 0 N–H and O–H groups in total. The number of carbonyl (C=O) groups excluding carboxylic acids is 1. The van der Waals surface area contributed by atoms with Gasteiger partial charge in [0.25, 0.3) is 0 Å². The van der Waals surface area contributed by atoms with E-state index in [-0.39, 0.29) is 5.41 Å². The summed E-state index contributed by atoms with van der Waals surface area (Å²) in [6.45, 7) is 4.27. The second-order valence-electron chi connectivity index (χ2n) is 6.66. The molecule has 0 amide bonds. The van der Waals surface area contributed by atoms with Gasteiger partial charge in [-0.25, -0.2) is 0 Å². The molecule has 0 saturated heterocycles. The van der Waals surface area contributed by atoms with Gasteiger partial charge in [-0.15, -0.1) is 0 Å². The topological polar surface area (TPSA) is 26.3 Å². The summed E-state index contributed by atoms with van der Waals surface area (Å²) >= 11 is 0. The number of fused-ring (bicyclic) bond motifs is 2. The normalized spacial score (nSPS) is 32.5. The second kappa shape index (κ2) is 6.60. The highest BCUT2D eigenvalue weighted by atomic mass is 16.5. The molecule has 2 bridgehead atoms. The van der Waals surface area contributed by atoms with Crippen LogP contribution < -0.4 is 0 Å². The van der Waals surface area contributed by atoms with Gasteiger partial charge in [-0.2, -0.15) is 0 Å². The van der Waals surface area contributed by atoms with E-state index in [0.717, 1.165) is 30.6 Å². The van der Waals surface area contributed by atoms with Crippen molar-refractivity contribution in [2.45, 2.75) is 65.2 Å². The number of methoxy groups -OCH3 is 1. The maximum absolute atomic E-state index is 12.9. The predicted octanol–water partition coefficient (Wildman–Crippen LogP) is 4.80. The van der Waals surface area contributed by atoms with Crippen LogP contribution in [0.15, 0.2) is 23.5 Å². The van der Waals surface area contributed by atoms with Gasteiger partial charge < -0.3 is 4.74 Å². The van der Waals surface area contributed by atoms with Gasteiger partial charge in [0, 0.05) is 5.57 Å². The van der Waals surface area contributed by atoms with Gasteiger partial charge in [0.05, 0.1) is 12.5 Å². The Labute approximate surface area is 123 Å². The highest BCUT2D eigenvalue weighted by molar-refractivity contribution is 6.02. The molecule has 1 fully saturated rings. The van der Waals surface area contributed by atoms with Crippen molar-refractivity contribution in [1.82, 2.24) is 0 Å². The Morgan fingerprint density at radius 1 is 1.15 bits per heavy atom. The summed E-state index contributed by atoms with van der Waals surface area (Å²) in [5, 5.41) is 0. The third-order valence-electron chi connectivity index (χ3n) is 4.89. The summed E-state index contributed by atoms with van der Waals surface area (Å²) in [6, 6.07) is 0. The first-order chi connectivity index (χ1) is 9.57. The maximum atomic E-state index is 12.9.